The van der Waals surface area contributed by atoms with Crippen LogP contribution in [0.4, 0.5) is 0 Å². The molecule has 0 aromatic heterocycles. The van der Waals surface area contributed by atoms with Crippen LogP contribution in [-0.2, 0) is 14.3 Å². The van der Waals surface area contributed by atoms with E-state index in [0.29, 0.717) is 24.5 Å². The van der Waals surface area contributed by atoms with Crippen molar-refractivity contribution in [3.8, 4) is 11.5 Å². The molecular formula is C21H20O5. The van der Waals surface area contributed by atoms with Crippen LogP contribution in [0.15, 0.2) is 73.3 Å². The van der Waals surface area contributed by atoms with Crippen LogP contribution in [0.2, 0.25) is 0 Å². The third-order valence-electron chi connectivity index (χ3n) is 3.22. The Labute approximate surface area is 152 Å². The lowest BCUT2D eigenvalue weighted by Gasteiger charge is -2.07. The number of hydrogen-bond acceptors (Lipinski definition) is 5. The molecule has 0 saturated heterocycles. The summed E-state index contributed by atoms with van der Waals surface area (Å²) in [6.07, 6.45) is 4.76. The molecule has 26 heavy (non-hydrogen) atoms. The van der Waals surface area contributed by atoms with Gasteiger partial charge in [-0.25, -0.2) is 9.59 Å². The average Bonchev–Trinajstić information content (AvgIpc) is 2.68. The van der Waals surface area contributed by atoms with Crippen molar-refractivity contribution < 1.29 is 23.8 Å². The minimum absolute atomic E-state index is 0.272. The Kier molecular flexibility index (Phi) is 7.68. The van der Waals surface area contributed by atoms with Crippen LogP contribution in [0.3, 0.4) is 0 Å². The van der Waals surface area contributed by atoms with Crippen molar-refractivity contribution in [2.24, 2.45) is 0 Å². The lowest BCUT2D eigenvalue weighted by Crippen LogP contribution is -2.06. The fourth-order valence-electron chi connectivity index (χ4n) is 1.96. The van der Waals surface area contributed by atoms with Gasteiger partial charge in [0.25, 0.3) is 0 Å². The lowest BCUT2D eigenvalue weighted by molar-refractivity contribution is -0.138. The largest absolute Gasteiger partial charge is 0.493 e. The van der Waals surface area contributed by atoms with Gasteiger partial charge in [0.1, 0.15) is 11.5 Å². The zero-order chi connectivity index (χ0) is 18.6. The highest BCUT2D eigenvalue weighted by Gasteiger charge is 2.02. The van der Waals surface area contributed by atoms with Crippen LogP contribution in [0, 0.1) is 0 Å². The fraction of sp³-hybridized carbons (Fsp3) is 0.143. The quantitative estimate of drug-likeness (QED) is 0.297. The van der Waals surface area contributed by atoms with Gasteiger partial charge in [-0.3, -0.25) is 0 Å². The van der Waals surface area contributed by atoms with Crippen molar-refractivity contribution in [1.82, 2.24) is 0 Å². The van der Waals surface area contributed by atoms with Gasteiger partial charge in [-0.2, -0.15) is 0 Å². The van der Waals surface area contributed by atoms with Crippen molar-refractivity contribution in [2.75, 3.05) is 13.2 Å². The van der Waals surface area contributed by atoms with Crippen molar-refractivity contribution in [1.29, 1.82) is 0 Å². The SMILES string of the molecule is C=CC(=O)OCCCOc1ccc(OC(=O)/C=C/c2ccccc2)cc1. The van der Waals surface area contributed by atoms with Gasteiger partial charge < -0.3 is 14.2 Å². The molecule has 0 aliphatic heterocycles. The van der Waals surface area contributed by atoms with Gasteiger partial charge in [-0.15, -0.1) is 0 Å². The van der Waals surface area contributed by atoms with Crippen LogP contribution in [-0.4, -0.2) is 25.2 Å². The van der Waals surface area contributed by atoms with Crippen molar-refractivity contribution >= 4 is 18.0 Å². The van der Waals surface area contributed by atoms with Gasteiger partial charge in [0, 0.05) is 18.6 Å². The van der Waals surface area contributed by atoms with E-state index in [2.05, 4.69) is 6.58 Å². The Bertz CT molecular complexity index is 748. The Hall–Kier alpha value is -3.34. The smallest absolute Gasteiger partial charge is 0.336 e. The van der Waals surface area contributed by atoms with Gasteiger partial charge in [0.2, 0.25) is 0 Å². The molecule has 0 aliphatic carbocycles. The zero-order valence-corrected chi connectivity index (χ0v) is 14.3. The van der Waals surface area contributed by atoms with E-state index in [4.69, 9.17) is 14.2 Å². The lowest BCUT2D eigenvalue weighted by atomic mass is 10.2. The number of carbonyl (C=O) groups is 2. The topological polar surface area (TPSA) is 61.8 Å². The van der Waals surface area contributed by atoms with Crippen LogP contribution in [0.5, 0.6) is 11.5 Å². The third kappa shape index (κ3) is 7.05. The number of hydrogen-bond donors (Lipinski definition) is 0. The molecule has 0 bridgehead atoms. The van der Waals surface area contributed by atoms with Gasteiger partial charge in [0.05, 0.1) is 13.2 Å². The van der Waals surface area contributed by atoms with Crippen LogP contribution in [0.25, 0.3) is 6.08 Å². The highest BCUT2D eigenvalue weighted by molar-refractivity contribution is 5.88. The second kappa shape index (κ2) is 10.5. The fourth-order valence-corrected chi connectivity index (χ4v) is 1.96. The molecule has 0 radical (unpaired) electrons. The number of esters is 2. The molecular weight excluding hydrogens is 332 g/mol. The maximum absolute atomic E-state index is 11.8. The molecule has 5 heteroatoms. The molecule has 0 unspecified atom stereocenters. The van der Waals surface area contributed by atoms with E-state index < -0.39 is 11.9 Å². The number of benzene rings is 2. The molecule has 0 spiro atoms. The van der Waals surface area contributed by atoms with E-state index in [1.807, 2.05) is 30.3 Å². The van der Waals surface area contributed by atoms with E-state index in [1.54, 1.807) is 30.3 Å². The van der Waals surface area contributed by atoms with Crippen molar-refractivity contribution in [2.45, 2.75) is 6.42 Å². The first-order chi connectivity index (χ1) is 12.7. The Morgan fingerprint density at radius 2 is 1.58 bits per heavy atom. The van der Waals surface area contributed by atoms with E-state index in [1.165, 1.54) is 6.08 Å². The summed E-state index contributed by atoms with van der Waals surface area (Å²) in [6.45, 7) is 4.00. The third-order valence-corrected chi connectivity index (χ3v) is 3.22. The van der Waals surface area contributed by atoms with E-state index in [-0.39, 0.29) is 6.61 Å². The average molecular weight is 352 g/mol. The van der Waals surface area contributed by atoms with E-state index in [0.717, 1.165) is 11.6 Å². The van der Waals surface area contributed by atoms with Crippen molar-refractivity contribution in [3.05, 3.63) is 78.9 Å². The summed E-state index contributed by atoms with van der Waals surface area (Å²) in [5.74, 6) is 0.170. The number of rotatable bonds is 9. The molecule has 134 valence electrons. The molecule has 0 saturated carbocycles. The first-order valence-electron chi connectivity index (χ1n) is 8.14. The summed E-state index contributed by atoms with van der Waals surface area (Å²) >= 11 is 0. The van der Waals surface area contributed by atoms with Gasteiger partial charge >= 0.3 is 11.9 Å². The maximum atomic E-state index is 11.8. The first-order valence-corrected chi connectivity index (χ1v) is 8.14. The van der Waals surface area contributed by atoms with Crippen LogP contribution < -0.4 is 9.47 Å². The minimum Gasteiger partial charge on any atom is -0.493 e. The Balaban J connectivity index is 1.73. The van der Waals surface area contributed by atoms with Gasteiger partial charge in [0.15, 0.2) is 0 Å². The summed E-state index contributed by atoms with van der Waals surface area (Å²) in [7, 11) is 0. The van der Waals surface area contributed by atoms with Gasteiger partial charge in [-0.05, 0) is 35.9 Å². The van der Waals surface area contributed by atoms with E-state index in [9.17, 15) is 9.59 Å². The summed E-state index contributed by atoms with van der Waals surface area (Å²) in [5.41, 5.74) is 0.923. The van der Waals surface area contributed by atoms with Crippen LogP contribution in [0.1, 0.15) is 12.0 Å². The normalized spacial score (nSPS) is 10.3. The second-order valence-corrected chi connectivity index (χ2v) is 5.21. The summed E-state index contributed by atoms with van der Waals surface area (Å²) in [5, 5.41) is 0. The predicted molar refractivity (Wildman–Crippen MR) is 98.8 cm³/mol. The summed E-state index contributed by atoms with van der Waals surface area (Å²) in [4.78, 5) is 22.7. The minimum atomic E-state index is -0.452. The maximum Gasteiger partial charge on any atom is 0.336 e. The highest BCUT2D eigenvalue weighted by Crippen LogP contribution is 2.18. The molecule has 2 aromatic carbocycles. The molecule has 0 atom stereocenters. The Morgan fingerprint density at radius 3 is 2.27 bits per heavy atom. The number of carbonyl (C=O) groups excluding carboxylic acids is 2. The molecule has 2 rings (SSSR count). The van der Waals surface area contributed by atoms with Crippen LogP contribution >= 0.6 is 0 Å². The molecule has 5 nitrogen and oxygen atoms in total. The zero-order valence-electron chi connectivity index (χ0n) is 14.3. The predicted octanol–water partition coefficient (Wildman–Crippen LogP) is 3.80. The standard InChI is InChI=1S/C21H20O5/c1-2-20(22)25-16-6-15-24-18-10-12-19(13-11-18)26-21(23)14-9-17-7-4-3-5-8-17/h2-5,7-14H,1,6,15-16H2/b14-9+. The van der Waals surface area contributed by atoms with Crippen molar-refractivity contribution in [3.63, 3.8) is 0 Å². The molecule has 0 aliphatic rings. The number of ether oxygens (including phenoxy) is 3. The molecule has 2 aromatic rings. The molecule has 0 heterocycles. The highest BCUT2D eigenvalue weighted by atomic mass is 16.5. The molecule has 0 amide bonds. The van der Waals surface area contributed by atoms with E-state index >= 15 is 0 Å². The summed E-state index contributed by atoms with van der Waals surface area (Å²) in [6, 6.07) is 16.2. The molecule has 0 N–H and O–H groups in total. The Morgan fingerprint density at radius 1 is 0.885 bits per heavy atom. The van der Waals surface area contributed by atoms with Gasteiger partial charge in [-0.1, -0.05) is 36.9 Å². The first kappa shape index (κ1) is 19.0. The monoisotopic (exact) mass is 352 g/mol. The second-order valence-electron chi connectivity index (χ2n) is 5.21. The molecule has 0 fully saturated rings. The summed E-state index contributed by atoms with van der Waals surface area (Å²) < 4.78 is 15.6.